The van der Waals surface area contributed by atoms with Gasteiger partial charge in [-0.2, -0.15) is 0 Å². The van der Waals surface area contributed by atoms with Crippen LogP contribution in [-0.4, -0.2) is 53.1 Å². The van der Waals surface area contributed by atoms with Crippen LogP contribution in [0.5, 0.6) is 0 Å². The molecule has 0 unspecified atom stereocenters. The predicted molar refractivity (Wildman–Crippen MR) is 114 cm³/mol. The number of aromatic nitrogens is 2. The summed E-state index contributed by atoms with van der Waals surface area (Å²) in [4.78, 5) is 26.1. The van der Waals surface area contributed by atoms with Crippen molar-refractivity contribution >= 4 is 22.6 Å². The molecule has 0 bridgehead atoms. The van der Waals surface area contributed by atoms with Crippen molar-refractivity contribution in [3.8, 4) is 0 Å². The van der Waals surface area contributed by atoms with Crippen LogP contribution in [-0.2, 0) is 5.60 Å². The van der Waals surface area contributed by atoms with E-state index in [0.717, 1.165) is 22.3 Å². The van der Waals surface area contributed by atoms with Crippen molar-refractivity contribution in [2.75, 3.05) is 32.1 Å². The molecule has 0 spiro atoms. The molecule has 150 valence electrons. The maximum atomic E-state index is 13.4. The maximum absolute atomic E-state index is 13.4. The van der Waals surface area contributed by atoms with Crippen molar-refractivity contribution in [1.29, 1.82) is 0 Å². The zero-order valence-corrected chi connectivity index (χ0v) is 17.1. The molecule has 0 radical (unpaired) electrons. The summed E-state index contributed by atoms with van der Waals surface area (Å²) in [7, 11) is 3.84. The second kappa shape index (κ2) is 7.44. The topological polar surface area (TPSA) is 69.6 Å². The van der Waals surface area contributed by atoms with Crippen molar-refractivity contribution in [3.63, 3.8) is 0 Å². The number of carbonyl (C=O) groups excluding carboxylic acids is 1. The normalized spacial score (nSPS) is 16.1. The van der Waals surface area contributed by atoms with Crippen LogP contribution in [0.4, 0.5) is 5.82 Å². The number of hydrogen-bond acceptors (Lipinski definition) is 5. The van der Waals surface area contributed by atoms with Gasteiger partial charge in [-0.1, -0.05) is 24.3 Å². The van der Waals surface area contributed by atoms with E-state index >= 15 is 0 Å². The summed E-state index contributed by atoms with van der Waals surface area (Å²) in [6.07, 6.45) is 2.72. The van der Waals surface area contributed by atoms with Crippen molar-refractivity contribution in [2.45, 2.75) is 25.4 Å². The molecule has 1 aliphatic heterocycles. The molecule has 4 rings (SSSR count). The van der Waals surface area contributed by atoms with Crippen LogP contribution in [0.25, 0.3) is 10.9 Å². The molecular weight excluding hydrogens is 364 g/mol. The molecule has 3 heterocycles. The second-order valence-electron chi connectivity index (χ2n) is 7.98. The van der Waals surface area contributed by atoms with Gasteiger partial charge in [0.15, 0.2) is 0 Å². The van der Waals surface area contributed by atoms with Gasteiger partial charge in [0, 0.05) is 38.8 Å². The number of pyridine rings is 2. The fourth-order valence-electron chi connectivity index (χ4n) is 3.82. The molecule has 1 aromatic carbocycles. The van der Waals surface area contributed by atoms with Crippen LogP contribution >= 0.6 is 0 Å². The minimum absolute atomic E-state index is 0.0226. The highest BCUT2D eigenvalue weighted by molar-refractivity contribution is 6.07. The van der Waals surface area contributed by atoms with Gasteiger partial charge in [0.2, 0.25) is 0 Å². The number of nitrogens with zero attached hydrogens (tertiary/aromatic N) is 4. The number of para-hydroxylation sites is 1. The third-order valence-corrected chi connectivity index (χ3v) is 5.66. The van der Waals surface area contributed by atoms with Crippen LogP contribution in [0.15, 0.2) is 48.7 Å². The number of likely N-dealkylation sites (tertiary alicyclic amines) is 1. The van der Waals surface area contributed by atoms with E-state index in [1.54, 1.807) is 6.20 Å². The van der Waals surface area contributed by atoms with E-state index in [-0.39, 0.29) is 5.91 Å². The molecule has 1 fully saturated rings. The van der Waals surface area contributed by atoms with E-state index in [0.29, 0.717) is 37.2 Å². The highest BCUT2D eigenvalue weighted by atomic mass is 16.3. The highest BCUT2D eigenvalue weighted by Crippen LogP contribution is 2.33. The summed E-state index contributed by atoms with van der Waals surface area (Å²) in [5, 5.41) is 11.9. The first-order chi connectivity index (χ1) is 13.9. The Bertz CT molecular complexity index is 1040. The standard InChI is InChI=1S/C23H26N4O2/c1-16-8-9-20(24-15-16)23(29)10-12-27(13-11-23)22(28)18-14-21(26(2)3)25-19-7-5-4-6-17(18)19/h4-9,14-15,29H,10-13H2,1-3H3. The van der Waals surface area contributed by atoms with Crippen molar-refractivity contribution < 1.29 is 9.90 Å². The second-order valence-corrected chi connectivity index (χ2v) is 7.98. The third kappa shape index (κ3) is 3.68. The fraction of sp³-hybridized carbons (Fsp3) is 0.348. The number of aliphatic hydroxyl groups is 1. The monoisotopic (exact) mass is 390 g/mol. The lowest BCUT2D eigenvalue weighted by Crippen LogP contribution is -2.45. The fourth-order valence-corrected chi connectivity index (χ4v) is 3.82. The Morgan fingerprint density at radius 3 is 2.52 bits per heavy atom. The third-order valence-electron chi connectivity index (χ3n) is 5.66. The van der Waals surface area contributed by atoms with Gasteiger partial charge in [-0.3, -0.25) is 9.78 Å². The Labute approximate surface area is 170 Å². The number of carbonyl (C=O) groups is 1. The summed E-state index contributed by atoms with van der Waals surface area (Å²) in [5.74, 6) is 0.732. The Morgan fingerprint density at radius 1 is 1.14 bits per heavy atom. The molecule has 6 heteroatoms. The van der Waals surface area contributed by atoms with Gasteiger partial charge in [0.25, 0.3) is 5.91 Å². The van der Waals surface area contributed by atoms with E-state index in [4.69, 9.17) is 0 Å². The van der Waals surface area contributed by atoms with Crippen molar-refractivity contribution in [2.24, 2.45) is 0 Å². The van der Waals surface area contributed by atoms with Gasteiger partial charge >= 0.3 is 0 Å². The average molecular weight is 390 g/mol. The Morgan fingerprint density at radius 2 is 1.86 bits per heavy atom. The summed E-state index contributed by atoms with van der Waals surface area (Å²) >= 11 is 0. The molecule has 1 amide bonds. The number of amides is 1. The summed E-state index contributed by atoms with van der Waals surface area (Å²) in [6.45, 7) is 2.95. The van der Waals surface area contributed by atoms with Crippen molar-refractivity contribution in [1.82, 2.24) is 14.9 Å². The number of fused-ring (bicyclic) bond motifs is 1. The molecule has 1 N–H and O–H groups in total. The number of benzene rings is 1. The highest BCUT2D eigenvalue weighted by Gasteiger charge is 2.37. The van der Waals surface area contributed by atoms with E-state index in [1.807, 2.05) is 73.3 Å². The predicted octanol–water partition coefficient (Wildman–Crippen LogP) is 3.13. The van der Waals surface area contributed by atoms with Gasteiger partial charge in [-0.05, 0) is 43.5 Å². The van der Waals surface area contributed by atoms with Crippen LogP contribution in [0.3, 0.4) is 0 Å². The first-order valence-corrected chi connectivity index (χ1v) is 9.89. The zero-order valence-electron chi connectivity index (χ0n) is 17.1. The average Bonchev–Trinajstić information content (AvgIpc) is 2.73. The SMILES string of the molecule is Cc1ccc(C2(O)CCN(C(=O)c3cc(N(C)C)nc4ccccc34)CC2)nc1. The molecule has 3 aromatic rings. The van der Waals surface area contributed by atoms with Gasteiger partial charge in [-0.25, -0.2) is 4.98 Å². The summed E-state index contributed by atoms with van der Waals surface area (Å²) in [5.41, 5.74) is 2.21. The van der Waals surface area contributed by atoms with Crippen LogP contribution < -0.4 is 4.90 Å². The number of anilines is 1. The zero-order chi connectivity index (χ0) is 20.6. The van der Waals surface area contributed by atoms with Gasteiger partial charge in [0.1, 0.15) is 11.4 Å². The minimum atomic E-state index is -0.987. The smallest absolute Gasteiger partial charge is 0.254 e. The minimum Gasteiger partial charge on any atom is -0.383 e. The molecule has 1 aliphatic rings. The van der Waals surface area contributed by atoms with Crippen LogP contribution in [0.1, 0.15) is 34.5 Å². The molecule has 6 nitrogen and oxygen atoms in total. The molecule has 2 aromatic heterocycles. The largest absolute Gasteiger partial charge is 0.383 e. The lowest BCUT2D eigenvalue weighted by molar-refractivity contribution is -0.0243. The number of aryl methyl sites for hydroxylation is 1. The Hall–Kier alpha value is -2.99. The number of piperidine rings is 1. The lowest BCUT2D eigenvalue weighted by atomic mass is 9.87. The molecule has 0 atom stereocenters. The van der Waals surface area contributed by atoms with E-state index in [1.165, 1.54) is 0 Å². The Kier molecular flexibility index (Phi) is 4.96. The van der Waals surface area contributed by atoms with Crippen LogP contribution in [0, 0.1) is 6.92 Å². The number of rotatable bonds is 3. The Balaban J connectivity index is 1.59. The quantitative estimate of drug-likeness (QED) is 0.744. The van der Waals surface area contributed by atoms with E-state index in [2.05, 4.69) is 9.97 Å². The van der Waals surface area contributed by atoms with Crippen molar-refractivity contribution in [3.05, 3.63) is 65.5 Å². The lowest BCUT2D eigenvalue weighted by Gasteiger charge is -2.38. The summed E-state index contributed by atoms with van der Waals surface area (Å²) < 4.78 is 0. The molecule has 0 saturated carbocycles. The first kappa shape index (κ1) is 19.3. The molecule has 0 aliphatic carbocycles. The summed E-state index contributed by atoms with van der Waals surface area (Å²) in [6, 6.07) is 13.4. The van der Waals surface area contributed by atoms with E-state index in [9.17, 15) is 9.90 Å². The first-order valence-electron chi connectivity index (χ1n) is 9.89. The number of hydrogen-bond donors (Lipinski definition) is 1. The van der Waals surface area contributed by atoms with Gasteiger partial charge < -0.3 is 14.9 Å². The van der Waals surface area contributed by atoms with E-state index < -0.39 is 5.60 Å². The maximum Gasteiger partial charge on any atom is 0.254 e. The molecule has 1 saturated heterocycles. The molecule has 29 heavy (non-hydrogen) atoms. The van der Waals surface area contributed by atoms with Crippen LogP contribution in [0.2, 0.25) is 0 Å². The van der Waals surface area contributed by atoms with Gasteiger partial charge in [0.05, 0.1) is 16.8 Å². The molecular formula is C23H26N4O2. The van der Waals surface area contributed by atoms with Gasteiger partial charge in [-0.15, -0.1) is 0 Å².